The predicted octanol–water partition coefficient (Wildman–Crippen LogP) is 2.77. The third-order valence-electron chi connectivity index (χ3n) is 3.90. The number of hydrogen-bond acceptors (Lipinski definition) is 2. The lowest BCUT2D eigenvalue weighted by Crippen LogP contribution is -2.33. The van der Waals surface area contributed by atoms with Crippen molar-refractivity contribution in [1.82, 2.24) is 5.32 Å². The fourth-order valence-electron chi connectivity index (χ4n) is 2.68. The summed E-state index contributed by atoms with van der Waals surface area (Å²) >= 11 is 0. The van der Waals surface area contributed by atoms with Crippen LogP contribution in [0.5, 0.6) is 0 Å². The Morgan fingerprint density at radius 3 is 2.83 bits per heavy atom. The van der Waals surface area contributed by atoms with Gasteiger partial charge in [-0.05, 0) is 48.9 Å². The highest BCUT2D eigenvalue weighted by Gasteiger charge is 2.22. The Hall–Kier alpha value is -0.930. The lowest BCUT2D eigenvalue weighted by Gasteiger charge is -2.27. The first-order chi connectivity index (χ1) is 8.66. The highest BCUT2D eigenvalue weighted by Crippen LogP contribution is 2.23. The van der Waals surface area contributed by atoms with E-state index in [9.17, 15) is 9.50 Å². The van der Waals surface area contributed by atoms with Crippen LogP contribution in [0, 0.1) is 18.7 Å². The molecule has 0 aromatic heterocycles. The van der Waals surface area contributed by atoms with Crippen molar-refractivity contribution in [2.45, 2.75) is 45.3 Å². The number of aliphatic hydroxyl groups excluding tert-OH is 1. The van der Waals surface area contributed by atoms with Crippen LogP contribution in [0.15, 0.2) is 18.2 Å². The minimum Gasteiger partial charge on any atom is -0.393 e. The van der Waals surface area contributed by atoms with E-state index in [0.717, 1.165) is 43.5 Å². The molecule has 0 saturated heterocycles. The quantitative estimate of drug-likeness (QED) is 0.862. The first kappa shape index (κ1) is 13.5. The van der Waals surface area contributed by atoms with Crippen molar-refractivity contribution in [3.63, 3.8) is 0 Å². The zero-order chi connectivity index (χ0) is 13.0. The molecular weight excluding hydrogens is 229 g/mol. The minimum absolute atomic E-state index is 0.152. The Morgan fingerprint density at radius 1 is 1.33 bits per heavy atom. The maximum absolute atomic E-state index is 13.0. The van der Waals surface area contributed by atoms with Gasteiger partial charge in [0.2, 0.25) is 0 Å². The van der Waals surface area contributed by atoms with Gasteiger partial charge in [0.1, 0.15) is 5.82 Å². The lowest BCUT2D eigenvalue weighted by atomic mass is 9.86. The van der Waals surface area contributed by atoms with E-state index in [-0.39, 0.29) is 11.9 Å². The Balaban J connectivity index is 1.81. The van der Waals surface area contributed by atoms with Crippen molar-refractivity contribution in [3.8, 4) is 0 Å². The van der Waals surface area contributed by atoms with E-state index >= 15 is 0 Å². The molecule has 0 heterocycles. The van der Waals surface area contributed by atoms with Crippen molar-refractivity contribution in [3.05, 3.63) is 35.1 Å². The van der Waals surface area contributed by atoms with Crippen LogP contribution in [0.25, 0.3) is 0 Å². The highest BCUT2D eigenvalue weighted by molar-refractivity contribution is 5.26. The van der Waals surface area contributed by atoms with E-state index in [1.165, 1.54) is 12.5 Å². The monoisotopic (exact) mass is 251 g/mol. The van der Waals surface area contributed by atoms with Gasteiger partial charge in [-0.15, -0.1) is 0 Å². The molecule has 1 aliphatic carbocycles. The lowest BCUT2D eigenvalue weighted by molar-refractivity contribution is 0.0695. The van der Waals surface area contributed by atoms with Crippen molar-refractivity contribution >= 4 is 0 Å². The molecule has 0 spiro atoms. The molecule has 0 bridgehead atoms. The fraction of sp³-hybridized carbons (Fsp3) is 0.600. The van der Waals surface area contributed by atoms with Crippen LogP contribution in [-0.2, 0) is 6.54 Å². The summed E-state index contributed by atoms with van der Waals surface area (Å²) in [6.07, 6.45) is 4.26. The molecule has 0 amide bonds. The molecule has 1 saturated carbocycles. The summed E-state index contributed by atoms with van der Waals surface area (Å²) in [4.78, 5) is 0. The van der Waals surface area contributed by atoms with E-state index in [2.05, 4.69) is 5.32 Å². The summed E-state index contributed by atoms with van der Waals surface area (Å²) in [7, 11) is 0. The van der Waals surface area contributed by atoms with Gasteiger partial charge < -0.3 is 10.4 Å². The summed E-state index contributed by atoms with van der Waals surface area (Å²) in [5.41, 5.74) is 2.10. The Labute approximate surface area is 108 Å². The molecule has 2 nitrogen and oxygen atoms in total. The number of nitrogens with one attached hydrogen (secondary N) is 1. The van der Waals surface area contributed by atoms with E-state index in [4.69, 9.17) is 0 Å². The number of rotatable bonds is 4. The van der Waals surface area contributed by atoms with Gasteiger partial charge in [-0.2, -0.15) is 0 Å². The molecule has 3 heteroatoms. The van der Waals surface area contributed by atoms with Gasteiger partial charge in [0, 0.05) is 13.1 Å². The molecular formula is C15H22FNO. The average Bonchev–Trinajstić information content (AvgIpc) is 2.34. The second-order valence-corrected chi connectivity index (χ2v) is 5.31. The molecule has 0 aliphatic heterocycles. The summed E-state index contributed by atoms with van der Waals surface area (Å²) in [6.45, 7) is 3.52. The van der Waals surface area contributed by atoms with Crippen LogP contribution < -0.4 is 5.32 Å². The maximum Gasteiger partial charge on any atom is 0.123 e. The second kappa shape index (κ2) is 6.30. The molecule has 2 atom stereocenters. The van der Waals surface area contributed by atoms with Gasteiger partial charge in [-0.1, -0.05) is 18.9 Å². The standard InChI is InChI=1S/C15H22FNO/c1-11-8-14(16)7-6-12(11)9-17-10-13-4-2-3-5-15(13)18/h6-8,13,15,17-18H,2-5,9-10H2,1H3. The summed E-state index contributed by atoms with van der Waals surface area (Å²) < 4.78 is 13.0. The van der Waals surface area contributed by atoms with Gasteiger partial charge >= 0.3 is 0 Å². The van der Waals surface area contributed by atoms with Crippen LogP contribution >= 0.6 is 0 Å². The first-order valence-corrected chi connectivity index (χ1v) is 6.80. The Kier molecular flexibility index (Phi) is 4.72. The van der Waals surface area contributed by atoms with E-state index in [1.807, 2.05) is 13.0 Å². The van der Waals surface area contributed by atoms with Crippen molar-refractivity contribution in [1.29, 1.82) is 0 Å². The number of aliphatic hydroxyl groups is 1. The van der Waals surface area contributed by atoms with Gasteiger partial charge in [0.25, 0.3) is 0 Å². The molecule has 1 aliphatic rings. The van der Waals surface area contributed by atoms with Gasteiger partial charge in [-0.3, -0.25) is 0 Å². The fourth-order valence-corrected chi connectivity index (χ4v) is 2.68. The third kappa shape index (κ3) is 3.53. The van der Waals surface area contributed by atoms with E-state index in [1.54, 1.807) is 6.07 Å². The highest BCUT2D eigenvalue weighted by atomic mass is 19.1. The number of benzene rings is 1. The second-order valence-electron chi connectivity index (χ2n) is 5.31. The Bertz CT molecular complexity index is 394. The van der Waals surface area contributed by atoms with E-state index < -0.39 is 0 Å². The molecule has 18 heavy (non-hydrogen) atoms. The van der Waals surface area contributed by atoms with Gasteiger partial charge in [-0.25, -0.2) is 4.39 Å². The summed E-state index contributed by atoms with van der Waals surface area (Å²) in [5.74, 6) is 0.193. The smallest absolute Gasteiger partial charge is 0.123 e. The van der Waals surface area contributed by atoms with Crippen LogP contribution in [0.2, 0.25) is 0 Å². The average molecular weight is 251 g/mol. The van der Waals surface area contributed by atoms with Crippen LogP contribution in [0.1, 0.15) is 36.8 Å². The zero-order valence-corrected chi connectivity index (χ0v) is 11.0. The van der Waals surface area contributed by atoms with Gasteiger partial charge in [0.15, 0.2) is 0 Å². The predicted molar refractivity (Wildman–Crippen MR) is 70.8 cm³/mol. The van der Waals surface area contributed by atoms with Gasteiger partial charge in [0.05, 0.1) is 6.10 Å². The maximum atomic E-state index is 13.0. The minimum atomic E-state index is -0.182. The van der Waals surface area contributed by atoms with Crippen LogP contribution in [-0.4, -0.2) is 17.8 Å². The molecule has 2 rings (SSSR count). The molecule has 1 fully saturated rings. The molecule has 2 N–H and O–H groups in total. The summed E-state index contributed by atoms with van der Waals surface area (Å²) in [5, 5.41) is 13.2. The van der Waals surface area contributed by atoms with Crippen LogP contribution in [0.3, 0.4) is 0 Å². The SMILES string of the molecule is Cc1cc(F)ccc1CNCC1CCCCC1O. The largest absolute Gasteiger partial charge is 0.393 e. The molecule has 1 aromatic carbocycles. The number of halogens is 1. The molecule has 0 radical (unpaired) electrons. The van der Waals surface area contributed by atoms with Crippen molar-refractivity contribution < 1.29 is 9.50 Å². The van der Waals surface area contributed by atoms with E-state index in [0.29, 0.717) is 5.92 Å². The topological polar surface area (TPSA) is 32.3 Å². The Morgan fingerprint density at radius 2 is 2.11 bits per heavy atom. The third-order valence-corrected chi connectivity index (χ3v) is 3.90. The van der Waals surface area contributed by atoms with Crippen molar-refractivity contribution in [2.75, 3.05) is 6.54 Å². The normalized spacial score (nSPS) is 24.2. The van der Waals surface area contributed by atoms with Crippen molar-refractivity contribution in [2.24, 2.45) is 5.92 Å². The molecule has 1 aromatic rings. The number of hydrogen-bond donors (Lipinski definition) is 2. The van der Waals surface area contributed by atoms with Crippen LogP contribution in [0.4, 0.5) is 4.39 Å². The first-order valence-electron chi connectivity index (χ1n) is 6.80. The molecule has 2 unspecified atom stereocenters. The zero-order valence-electron chi connectivity index (χ0n) is 11.0. The number of aryl methyl sites for hydroxylation is 1. The molecule has 100 valence electrons. The summed E-state index contributed by atoms with van der Waals surface area (Å²) in [6, 6.07) is 4.89.